The summed E-state index contributed by atoms with van der Waals surface area (Å²) >= 11 is 0. The van der Waals surface area contributed by atoms with Gasteiger partial charge in [-0.15, -0.1) is 0 Å². The summed E-state index contributed by atoms with van der Waals surface area (Å²) in [5, 5.41) is 0. The Balaban J connectivity index is 1.76. The van der Waals surface area contributed by atoms with Crippen molar-refractivity contribution in [2.24, 2.45) is 5.92 Å². The number of hydrogen-bond donors (Lipinski definition) is 1. The molecule has 6 heteroatoms. The number of benzene rings is 1. The number of rotatable bonds is 7. The highest BCUT2D eigenvalue weighted by atomic mass is 32.2. The van der Waals surface area contributed by atoms with Gasteiger partial charge in [-0.3, -0.25) is 0 Å². The normalized spacial score (nSPS) is 19.3. The molecule has 1 aliphatic carbocycles. The van der Waals surface area contributed by atoms with E-state index in [-0.39, 0.29) is 11.2 Å². The van der Waals surface area contributed by atoms with Gasteiger partial charge in [-0.05, 0) is 42.9 Å². The zero-order valence-corrected chi connectivity index (χ0v) is 16.0. The van der Waals surface area contributed by atoms with Crippen LogP contribution in [0.15, 0.2) is 18.2 Å². The Morgan fingerprint density at radius 3 is 2.48 bits per heavy atom. The second-order valence-electron chi connectivity index (χ2n) is 7.67. The average molecular weight is 368 g/mol. The fraction of sp³-hybridized carbons (Fsp3) is 0.684. The summed E-state index contributed by atoms with van der Waals surface area (Å²) < 4.78 is 38.9. The molecule has 0 unspecified atom stereocenters. The molecule has 2 aliphatic rings. The van der Waals surface area contributed by atoms with E-state index in [4.69, 9.17) is 9.47 Å². The largest absolute Gasteiger partial charge is 0.486 e. The van der Waals surface area contributed by atoms with Crippen molar-refractivity contribution in [2.75, 3.05) is 25.5 Å². The summed E-state index contributed by atoms with van der Waals surface area (Å²) in [6.07, 6.45) is 4.94. The topological polar surface area (TPSA) is 64.6 Å². The first-order valence-corrected chi connectivity index (χ1v) is 10.9. The summed E-state index contributed by atoms with van der Waals surface area (Å²) in [5.41, 5.74) is 1.02. The maximum Gasteiger partial charge on any atom is 0.211 e. The Hall–Kier alpha value is -1.27. The maximum atomic E-state index is 12.3. The molecule has 0 amide bonds. The standard InChI is InChI=1S/C19H29NO4S/c1-15(2)7-12-25(21,22)20-14-19(8-3-4-9-19)16-5-6-17-18(13-16)24-11-10-23-17/h5-6,13,15,20H,3-4,7-12,14H2,1-2H3. The smallest absolute Gasteiger partial charge is 0.211 e. The summed E-state index contributed by atoms with van der Waals surface area (Å²) in [5.74, 6) is 2.13. The van der Waals surface area contributed by atoms with E-state index in [2.05, 4.69) is 10.8 Å². The Labute approximate surface area is 151 Å². The molecule has 0 radical (unpaired) electrons. The highest BCUT2D eigenvalue weighted by molar-refractivity contribution is 7.89. The van der Waals surface area contributed by atoms with Crippen molar-refractivity contribution in [1.29, 1.82) is 0 Å². The molecule has 25 heavy (non-hydrogen) atoms. The molecule has 0 atom stereocenters. The van der Waals surface area contributed by atoms with Gasteiger partial charge in [-0.25, -0.2) is 13.1 Å². The van der Waals surface area contributed by atoms with Crippen LogP contribution in [0, 0.1) is 5.92 Å². The quantitative estimate of drug-likeness (QED) is 0.803. The summed E-state index contributed by atoms with van der Waals surface area (Å²) in [7, 11) is -3.23. The van der Waals surface area contributed by atoms with E-state index >= 15 is 0 Å². The number of ether oxygens (including phenoxy) is 2. The number of nitrogens with one attached hydrogen (secondary N) is 1. The molecule has 1 heterocycles. The van der Waals surface area contributed by atoms with Gasteiger partial charge in [-0.1, -0.05) is 32.8 Å². The molecule has 0 spiro atoms. The molecule has 3 rings (SSSR count). The first-order chi connectivity index (χ1) is 11.9. The molecule has 0 bridgehead atoms. The predicted octanol–water partition coefficient (Wildman–Crippen LogP) is 3.24. The van der Waals surface area contributed by atoms with Crippen LogP contribution in [0.2, 0.25) is 0 Å². The Morgan fingerprint density at radius 1 is 1.12 bits per heavy atom. The molecule has 0 aromatic heterocycles. The zero-order chi connectivity index (χ0) is 17.9. The SMILES string of the molecule is CC(C)CCS(=O)(=O)NCC1(c2ccc3c(c2)OCCO3)CCCC1. The maximum absolute atomic E-state index is 12.3. The second-order valence-corrected chi connectivity index (χ2v) is 9.59. The summed E-state index contributed by atoms with van der Waals surface area (Å²) in [4.78, 5) is 0. The molecule has 1 aromatic rings. The molecule has 1 aliphatic heterocycles. The lowest BCUT2D eigenvalue weighted by molar-refractivity contribution is 0.171. The minimum absolute atomic E-state index is 0.138. The highest BCUT2D eigenvalue weighted by Crippen LogP contribution is 2.43. The van der Waals surface area contributed by atoms with Crippen molar-refractivity contribution in [3.63, 3.8) is 0 Å². The van der Waals surface area contributed by atoms with Gasteiger partial charge in [0.1, 0.15) is 13.2 Å². The van der Waals surface area contributed by atoms with Gasteiger partial charge in [0.15, 0.2) is 11.5 Å². The van der Waals surface area contributed by atoms with Crippen LogP contribution in [0.1, 0.15) is 51.5 Å². The van der Waals surface area contributed by atoms with Crippen molar-refractivity contribution in [2.45, 2.75) is 51.4 Å². The van der Waals surface area contributed by atoms with Gasteiger partial charge >= 0.3 is 0 Å². The molecule has 1 fully saturated rings. The number of sulfonamides is 1. The monoisotopic (exact) mass is 367 g/mol. The van der Waals surface area contributed by atoms with E-state index in [1.54, 1.807) is 0 Å². The Kier molecular flexibility index (Phi) is 5.58. The molecular weight excluding hydrogens is 338 g/mol. The fourth-order valence-corrected chi connectivity index (χ4v) is 5.13. The van der Waals surface area contributed by atoms with Crippen molar-refractivity contribution in [3.05, 3.63) is 23.8 Å². The van der Waals surface area contributed by atoms with Crippen LogP contribution >= 0.6 is 0 Å². The van der Waals surface area contributed by atoms with E-state index in [9.17, 15) is 8.42 Å². The van der Waals surface area contributed by atoms with Crippen LogP contribution in [-0.4, -0.2) is 33.9 Å². The van der Waals surface area contributed by atoms with Crippen LogP contribution in [0.25, 0.3) is 0 Å². The van der Waals surface area contributed by atoms with E-state index in [1.165, 1.54) is 0 Å². The van der Waals surface area contributed by atoms with Crippen LogP contribution in [0.4, 0.5) is 0 Å². The minimum Gasteiger partial charge on any atom is -0.486 e. The van der Waals surface area contributed by atoms with Crippen LogP contribution in [0.3, 0.4) is 0 Å². The van der Waals surface area contributed by atoms with Gasteiger partial charge in [0.25, 0.3) is 0 Å². The van der Waals surface area contributed by atoms with Gasteiger partial charge < -0.3 is 9.47 Å². The first-order valence-electron chi connectivity index (χ1n) is 9.28. The molecule has 140 valence electrons. The Morgan fingerprint density at radius 2 is 1.80 bits per heavy atom. The van der Waals surface area contributed by atoms with Crippen molar-refractivity contribution < 1.29 is 17.9 Å². The lowest BCUT2D eigenvalue weighted by Gasteiger charge is -2.31. The molecule has 5 nitrogen and oxygen atoms in total. The van der Waals surface area contributed by atoms with Crippen molar-refractivity contribution in [3.8, 4) is 11.5 Å². The second kappa shape index (κ2) is 7.54. The number of hydrogen-bond acceptors (Lipinski definition) is 4. The molecule has 1 aromatic carbocycles. The van der Waals surface area contributed by atoms with Gasteiger partial charge in [-0.2, -0.15) is 0 Å². The molecule has 1 saturated carbocycles. The van der Waals surface area contributed by atoms with Gasteiger partial charge in [0.05, 0.1) is 5.75 Å². The number of fused-ring (bicyclic) bond motifs is 1. The van der Waals surface area contributed by atoms with Crippen molar-refractivity contribution in [1.82, 2.24) is 4.72 Å². The third-order valence-electron chi connectivity index (χ3n) is 5.31. The van der Waals surface area contributed by atoms with E-state index in [0.717, 1.165) is 42.7 Å². The van der Waals surface area contributed by atoms with Crippen molar-refractivity contribution >= 4 is 10.0 Å². The van der Waals surface area contributed by atoms with Crippen LogP contribution in [0.5, 0.6) is 11.5 Å². The lowest BCUT2D eigenvalue weighted by Crippen LogP contribution is -2.40. The fourth-order valence-electron chi connectivity index (χ4n) is 3.70. The predicted molar refractivity (Wildman–Crippen MR) is 98.8 cm³/mol. The van der Waals surface area contributed by atoms with E-state index in [1.807, 2.05) is 26.0 Å². The summed E-state index contributed by atoms with van der Waals surface area (Å²) in [6, 6.07) is 6.07. The van der Waals surface area contributed by atoms with Gasteiger partial charge in [0, 0.05) is 12.0 Å². The zero-order valence-electron chi connectivity index (χ0n) is 15.2. The van der Waals surface area contributed by atoms with Crippen LogP contribution in [-0.2, 0) is 15.4 Å². The summed E-state index contributed by atoms with van der Waals surface area (Å²) in [6.45, 7) is 5.69. The van der Waals surface area contributed by atoms with E-state index < -0.39 is 10.0 Å². The minimum atomic E-state index is -3.23. The lowest BCUT2D eigenvalue weighted by atomic mass is 9.79. The van der Waals surface area contributed by atoms with Crippen LogP contribution < -0.4 is 14.2 Å². The van der Waals surface area contributed by atoms with Gasteiger partial charge in [0.2, 0.25) is 10.0 Å². The third-order valence-corrected chi connectivity index (χ3v) is 6.67. The molecule has 1 N–H and O–H groups in total. The third kappa shape index (κ3) is 4.47. The first kappa shape index (κ1) is 18.5. The average Bonchev–Trinajstić information content (AvgIpc) is 3.08. The van der Waals surface area contributed by atoms with E-state index in [0.29, 0.717) is 32.1 Å². The molecule has 0 saturated heterocycles. The molecular formula is C19H29NO4S. The highest BCUT2D eigenvalue weighted by Gasteiger charge is 2.37. The Bertz CT molecular complexity index is 693.